The molecule has 1 aromatic carbocycles. The van der Waals surface area contributed by atoms with Crippen LogP contribution in [0, 0.1) is 0 Å². The van der Waals surface area contributed by atoms with Crippen LogP contribution >= 0.6 is 0 Å². The van der Waals surface area contributed by atoms with Gasteiger partial charge in [-0.2, -0.15) is 0 Å². The summed E-state index contributed by atoms with van der Waals surface area (Å²) in [7, 11) is 2.06. The molecule has 0 spiro atoms. The number of piperazine rings is 1. The molecule has 3 aliphatic rings. The number of aromatic nitrogens is 2. The van der Waals surface area contributed by atoms with Crippen molar-refractivity contribution in [1.29, 1.82) is 0 Å². The molecule has 2 N–H and O–H groups in total. The van der Waals surface area contributed by atoms with E-state index in [4.69, 9.17) is 9.72 Å². The van der Waals surface area contributed by atoms with E-state index in [0.717, 1.165) is 50.4 Å². The number of benzene rings is 1. The van der Waals surface area contributed by atoms with Gasteiger partial charge in [0.2, 0.25) is 0 Å². The van der Waals surface area contributed by atoms with E-state index < -0.39 is 0 Å². The second-order valence-electron chi connectivity index (χ2n) is 9.08. The van der Waals surface area contributed by atoms with Crippen LogP contribution in [0.4, 0.5) is 16.3 Å². The minimum Gasteiger partial charge on any atom is -0.378 e. The number of likely N-dealkylation sites (N-methyl/N-ethyl adjacent to an activating group) is 1. The molecule has 3 heterocycles. The van der Waals surface area contributed by atoms with Gasteiger partial charge in [-0.1, -0.05) is 0 Å². The van der Waals surface area contributed by atoms with Crippen molar-refractivity contribution in [3.8, 4) is 11.4 Å². The fourth-order valence-corrected chi connectivity index (χ4v) is 4.08. The highest BCUT2D eigenvalue weighted by molar-refractivity contribution is 5.94. The Balaban J connectivity index is 1.39. The summed E-state index contributed by atoms with van der Waals surface area (Å²) in [5.41, 5.74) is 1.89. The Morgan fingerprint density at radius 2 is 1.68 bits per heavy atom. The molecule has 3 fully saturated rings. The number of morpholine rings is 1. The second kappa shape index (κ2) is 9.94. The van der Waals surface area contributed by atoms with E-state index in [1.165, 1.54) is 0 Å². The number of carbonyl (C=O) groups excluding carboxylic acids is 2. The number of hydrogen-bond acceptors (Lipinski definition) is 7. The van der Waals surface area contributed by atoms with Gasteiger partial charge in [-0.15, -0.1) is 0 Å². The van der Waals surface area contributed by atoms with E-state index in [-0.39, 0.29) is 11.9 Å². The van der Waals surface area contributed by atoms with E-state index in [1.807, 2.05) is 29.2 Å². The normalized spacial score (nSPS) is 19.1. The number of rotatable bonds is 5. The highest BCUT2D eigenvalue weighted by Gasteiger charge is 2.25. The van der Waals surface area contributed by atoms with Crippen LogP contribution in [0.2, 0.25) is 0 Å². The largest absolute Gasteiger partial charge is 0.378 e. The molecule has 10 heteroatoms. The van der Waals surface area contributed by atoms with Gasteiger partial charge in [-0.3, -0.25) is 4.79 Å². The summed E-state index contributed by atoms with van der Waals surface area (Å²) < 4.78 is 5.49. The molecule has 180 valence electrons. The molecule has 0 radical (unpaired) electrons. The number of nitrogens with one attached hydrogen (secondary N) is 2. The van der Waals surface area contributed by atoms with Crippen LogP contribution in [0.1, 0.15) is 23.3 Å². The summed E-state index contributed by atoms with van der Waals surface area (Å²) in [6, 6.07) is 9.30. The van der Waals surface area contributed by atoms with Crippen molar-refractivity contribution in [1.82, 2.24) is 25.1 Å². The highest BCUT2D eigenvalue weighted by atomic mass is 16.5. The van der Waals surface area contributed by atoms with Crippen LogP contribution in [0.5, 0.6) is 0 Å². The zero-order valence-corrected chi connectivity index (χ0v) is 19.5. The molecule has 1 aromatic heterocycles. The van der Waals surface area contributed by atoms with Crippen molar-refractivity contribution in [3.05, 3.63) is 36.0 Å². The summed E-state index contributed by atoms with van der Waals surface area (Å²) in [4.78, 5) is 41.0. The Morgan fingerprint density at radius 3 is 2.35 bits per heavy atom. The van der Waals surface area contributed by atoms with Crippen LogP contribution in [-0.4, -0.2) is 97.3 Å². The van der Waals surface area contributed by atoms with Gasteiger partial charge in [-0.25, -0.2) is 14.8 Å². The SMILES string of the molecule is CN1CCN(C(=O)c2cc(N3CCOCC3)nc(-c3ccc(NC(=O)NC4CC4)cc3)n2)CC1. The molecule has 0 bridgehead atoms. The minimum atomic E-state index is -0.194. The third kappa shape index (κ3) is 5.45. The zero-order valence-electron chi connectivity index (χ0n) is 19.5. The lowest BCUT2D eigenvalue weighted by atomic mass is 10.1. The lowest BCUT2D eigenvalue weighted by Crippen LogP contribution is -2.47. The molecule has 0 unspecified atom stereocenters. The van der Waals surface area contributed by atoms with Crippen molar-refractivity contribution >= 4 is 23.4 Å². The average molecular weight is 466 g/mol. The predicted octanol–water partition coefficient (Wildman–Crippen LogP) is 1.65. The number of ether oxygens (including phenoxy) is 1. The van der Waals surface area contributed by atoms with Gasteiger partial charge < -0.3 is 30.1 Å². The van der Waals surface area contributed by atoms with Crippen LogP contribution in [0.15, 0.2) is 30.3 Å². The van der Waals surface area contributed by atoms with E-state index >= 15 is 0 Å². The molecule has 10 nitrogen and oxygen atoms in total. The fourth-order valence-electron chi connectivity index (χ4n) is 4.08. The minimum absolute atomic E-state index is 0.0682. The maximum Gasteiger partial charge on any atom is 0.319 e. The van der Waals surface area contributed by atoms with E-state index in [1.54, 1.807) is 6.07 Å². The third-order valence-corrected chi connectivity index (χ3v) is 6.37. The van der Waals surface area contributed by atoms with Gasteiger partial charge in [0.05, 0.1) is 13.2 Å². The first-order valence-electron chi connectivity index (χ1n) is 11.9. The Bertz CT molecular complexity index is 1030. The molecule has 1 saturated carbocycles. The number of urea groups is 1. The Labute approximate surface area is 199 Å². The third-order valence-electron chi connectivity index (χ3n) is 6.37. The van der Waals surface area contributed by atoms with Gasteiger partial charge in [0.15, 0.2) is 5.82 Å². The summed E-state index contributed by atoms with van der Waals surface area (Å²) in [6.07, 6.45) is 2.08. The van der Waals surface area contributed by atoms with E-state index in [2.05, 4.69) is 32.5 Å². The number of amides is 3. The van der Waals surface area contributed by atoms with Crippen molar-refractivity contribution in [3.63, 3.8) is 0 Å². The fraction of sp³-hybridized carbons (Fsp3) is 0.500. The van der Waals surface area contributed by atoms with Crippen molar-refractivity contribution in [2.45, 2.75) is 18.9 Å². The number of hydrogen-bond donors (Lipinski definition) is 2. The summed E-state index contributed by atoms with van der Waals surface area (Å²) in [5.74, 6) is 1.16. The molecular weight excluding hydrogens is 434 g/mol. The smallest absolute Gasteiger partial charge is 0.319 e. The van der Waals surface area contributed by atoms with Gasteiger partial charge in [0.25, 0.3) is 5.91 Å². The van der Waals surface area contributed by atoms with Gasteiger partial charge >= 0.3 is 6.03 Å². The van der Waals surface area contributed by atoms with Crippen LogP contribution in [0.3, 0.4) is 0 Å². The first-order chi connectivity index (χ1) is 16.5. The van der Waals surface area contributed by atoms with Crippen molar-refractivity contribution in [2.24, 2.45) is 0 Å². The molecule has 0 atom stereocenters. The molecule has 2 aliphatic heterocycles. The van der Waals surface area contributed by atoms with Crippen molar-refractivity contribution < 1.29 is 14.3 Å². The molecular formula is C24H31N7O3. The molecule has 2 saturated heterocycles. The highest BCUT2D eigenvalue weighted by Crippen LogP contribution is 2.24. The van der Waals surface area contributed by atoms with Gasteiger partial charge in [0, 0.05) is 62.6 Å². The quantitative estimate of drug-likeness (QED) is 0.692. The topological polar surface area (TPSA) is 103 Å². The molecule has 34 heavy (non-hydrogen) atoms. The zero-order chi connectivity index (χ0) is 23.5. The monoisotopic (exact) mass is 465 g/mol. The predicted molar refractivity (Wildman–Crippen MR) is 129 cm³/mol. The summed E-state index contributed by atoms with van der Waals surface area (Å²) in [6.45, 7) is 5.77. The summed E-state index contributed by atoms with van der Waals surface area (Å²) in [5, 5.41) is 5.76. The maximum absolute atomic E-state index is 13.3. The van der Waals surface area contributed by atoms with Gasteiger partial charge in [0.1, 0.15) is 11.5 Å². The average Bonchev–Trinajstić information content (AvgIpc) is 3.68. The van der Waals surface area contributed by atoms with Gasteiger partial charge in [-0.05, 0) is 44.2 Å². The number of anilines is 2. The number of carbonyl (C=O) groups is 2. The van der Waals surface area contributed by atoms with Crippen LogP contribution in [0.25, 0.3) is 11.4 Å². The molecule has 1 aliphatic carbocycles. The molecule has 5 rings (SSSR count). The summed E-state index contributed by atoms with van der Waals surface area (Å²) >= 11 is 0. The number of nitrogens with zero attached hydrogens (tertiary/aromatic N) is 5. The first kappa shape index (κ1) is 22.5. The lowest BCUT2D eigenvalue weighted by Gasteiger charge is -2.32. The van der Waals surface area contributed by atoms with E-state index in [0.29, 0.717) is 49.6 Å². The second-order valence-corrected chi connectivity index (χ2v) is 9.08. The molecule has 2 aromatic rings. The maximum atomic E-state index is 13.3. The first-order valence-corrected chi connectivity index (χ1v) is 11.9. The lowest BCUT2D eigenvalue weighted by molar-refractivity contribution is 0.0658. The van der Waals surface area contributed by atoms with E-state index in [9.17, 15) is 9.59 Å². The van der Waals surface area contributed by atoms with Crippen LogP contribution < -0.4 is 15.5 Å². The Kier molecular flexibility index (Phi) is 6.59. The van der Waals surface area contributed by atoms with Crippen LogP contribution in [-0.2, 0) is 4.74 Å². The standard InChI is InChI=1S/C24H31N7O3/c1-29-8-10-31(11-9-29)23(32)20-16-21(30-12-14-34-15-13-30)28-22(27-20)17-2-4-18(5-3-17)25-24(33)26-19-6-7-19/h2-5,16,19H,6-15H2,1H3,(H2,25,26,33). The van der Waals surface area contributed by atoms with Crippen molar-refractivity contribution in [2.75, 3.05) is 69.7 Å². The molecule has 3 amide bonds. The Morgan fingerprint density at radius 1 is 0.971 bits per heavy atom. The Hall–Kier alpha value is -3.24.